The third-order valence-corrected chi connectivity index (χ3v) is 3.50. The number of aromatic nitrogens is 1. The molecule has 134 valence electrons. The Morgan fingerprint density at radius 1 is 1.12 bits per heavy atom. The Labute approximate surface area is 147 Å². The highest BCUT2D eigenvalue weighted by molar-refractivity contribution is 5.94. The first-order valence-electron chi connectivity index (χ1n) is 7.90. The summed E-state index contributed by atoms with van der Waals surface area (Å²) in [6, 6.07) is 8.76. The summed E-state index contributed by atoms with van der Waals surface area (Å²) < 4.78 is 15.5. The van der Waals surface area contributed by atoms with Gasteiger partial charge < -0.3 is 24.8 Å². The number of rotatable bonds is 9. The van der Waals surface area contributed by atoms with Gasteiger partial charge in [0, 0.05) is 38.1 Å². The molecule has 0 fully saturated rings. The van der Waals surface area contributed by atoms with E-state index in [-0.39, 0.29) is 5.91 Å². The van der Waals surface area contributed by atoms with Gasteiger partial charge in [0.15, 0.2) is 0 Å². The zero-order valence-electron chi connectivity index (χ0n) is 14.7. The molecule has 1 aromatic heterocycles. The molecule has 0 spiro atoms. The predicted molar refractivity (Wildman–Crippen MR) is 95.9 cm³/mol. The second-order valence-corrected chi connectivity index (χ2v) is 5.22. The summed E-state index contributed by atoms with van der Waals surface area (Å²) in [7, 11) is 4.82. The molecule has 0 saturated heterocycles. The van der Waals surface area contributed by atoms with E-state index in [2.05, 4.69) is 15.6 Å². The van der Waals surface area contributed by atoms with Gasteiger partial charge in [-0.1, -0.05) is 0 Å². The molecule has 2 rings (SSSR count). The summed E-state index contributed by atoms with van der Waals surface area (Å²) >= 11 is 0. The van der Waals surface area contributed by atoms with Crippen molar-refractivity contribution in [2.24, 2.45) is 0 Å². The molecular weight excluding hydrogens is 322 g/mol. The van der Waals surface area contributed by atoms with Crippen molar-refractivity contribution in [3.63, 3.8) is 0 Å². The average molecular weight is 345 g/mol. The number of hydrogen-bond acceptors (Lipinski definition) is 6. The summed E-state index contributed by atoms with van der Waals surface area (Å²) in [6.07, 6.45) is 2.35. The Balaban J connectivity index is 2.10. The van der Waals surface area contributed by atoms with Gasteiger partial charge in [0.1, 0.15) is 17.3 Å². The quantitative estimate of drug-likeness (QED) is 0.680. The van der Waals surface area contributed by atoms with Gasteiger partial charge in [-0.05, 0) is 30.7 Å². The standard InChI is InChI=1S/C18H23N3O4/c1-23-10-4-8-20-18(22)13-7-9-19-17(11-13)21-15-12-14(24-2)5-6-16(15)25-3/h5-7,9,11-12H,4,8,10H2,1-3H3,(H,19,21)(H,20,22). The van der Waals surface area contributed by atoms with Crippen molar-refractivity contribution in [2.45, 2.75) is 6.42 Å². The second-order valence-electron chi connectivity index (χ2n) is 5.22. The lowest BCUT2D eigenvalue weighted by atomic mass is 10.2. The fourth-order valence-corrected chi connectivity index (χ4v) is 2.21. The minimum atomic E-state index is -0.154. The van der Waals surface area contributed by atoms with E-state index in [9.17, 15) is 4.79 Å². The van der Waals surface area contributed by atoms with Gasteiger partial charge in [-0.2, -0.15) is 0 Å². The van der Waals surface area contributed by atoms with Gasteiger partial charge in [0.05, 0.1) is 19.9 Å². The fourth-order valence-electron chi connectivity index (χ4n) is 2.21. The number of ether oxygens (including phenoxy) is 3. The molecule has 0 atom stereocenters. The third kappa shape index (κ3) is 5.36. The lowest BCUT2D eigenvalue weighted by Gasteiger charge is -2.13. The zero-order chi connectivity index (χ0) is 18.1. The topological polar surface area (TPSA) is 81.7 Å². The van der Waals surface area contributed by atoms with Crippen molar-refractivity contribution < 1.29 is 19.0 Å². The smallest absolute Gasteiger partial charge is 0.251 e. The maximum Gasteiger partial charge on any atom is 0.251 e. The van der Waals surface area contributed by atoms with Crippen molar-refractivity contribution in [3.05, 3.63) is 42.1 Å². The molecule has 2 N–H and O–H groups in total. The van der Waals surface area contributed by atoms with E-state index in [0.717, 1.165) is 6.42 Å². The van der Waals surface area contributed by atoms with Gasteiger partial charge in [-0.3, -0.25) is 4.79 Å². The molecular formula is C18H23N3O4. The lowest BCUT2D eigenvalue weighted by molar-refractivity contribution is 0.0948. The minimum Gasteiger partial charge on any atom is -0.497 e. The normalized spacial score (nSPS) is 10.2. The van der Waals surface area contributed by atoms with Gasteiger partial charge in [-0.25, -0.2) is 4.98 Å². The van der Waals surface area contributed by atoms with Crippen LogP contribution in [0.5, 0.6) is 11.5 Å². The first kappa shape index (κ1) is 18.5. The van der Waals surface area contributed by atoms with Crippen LogP contribution in [0.15, 0.2) is 36.5 Å². The second kappa shape index (κ2) is 9.48. The number of nitrogens with zero attached hydrogens (tertiary/aromatic N) is 1. The molecule has 0 bridgehead atoms. The van der Waals surface area contributed by atoms with Gasteiger partial charge in [0.2, 0.25) is 0 Å². The molecule has 1 aromatic carbocycles. The maximum atomic E-state index is 12.2. The van der Waals surface area contributed by atoms with Crippen LogP contribution in [0.25, 0.3) is 0 Å². The number of methoxy groups -OCH3 is 3. The van der Waals surface area contributed by atoms with Crippen LogP contribution in [0.4, 0.5) is 11.5 Å². The highest BCUT2D eigenvalue weighted by atomic mass is 16.5. The van der Waals surface area contributed by atoms with E-state index in [1.54, 1.807) is 57.9 Å². The molecule has 25 heavy (non-hydrogen) atoms. The molecule has 7 nitrogen and oxygen atoms in total. The number of anilines is 2. The lowest BCUT2D eigenvalue weighted by Crippen LogP contribution is -2.25. The minimum absolute atomic E-state index is 0.154. The van der Waals surface area contributed by atoms with Gasteiger partial charge in [0.25, 0.3) is 5.91 Å². The molecule has 0 radical (unpaired) electrons. The Hall–Kier alpha value is -2.80. The summed E-state index contributed by atoms with van der Waals surface area (Å²) in [5, 5.41) is 6.00. The first-order valence-corrected chi connectivity index (χ1v) is 7.90. The summed E-state index contributed by atoms with van der Waals surface area (Å²) in [5.74, 6) is 1.72. The van der Waals surface area contributed by atoms with Crippen LogP contribution < -0.4 is 20.1 Å². The van der Waals surface area contributed by atoms with Crippen LogP contribution in [0.3, 0.4) is 0 Å². The highest BCUT2D eigenvalue weighted by Gasteiger charge is 2.09. The highest BCUT2D eigenvalue weighted by Crippen LogP contribution is 2.31. The molecule has 1 amide bonds. The van der Waals surface area contributed by atoms with Crippen LogP contribution in [0.2, 0.25) is 0 Å². The summed E-state index contributed by atoms with van der Waals surface area (Å²) in [4.78, 5) is 16.4. The Kier molecular flexibility index (Phi) is 7.03. The number of pyridine rings is 1. The number of benzene rings is 1. The number of nitrogens with one attached hydrogen (secondary N) is 2. The van der Waals surface area contributed by atoms with Crippen LogP contribution in [-0.2, 0) is 4.74 Å². The predicted octanol–water partition coefficient (Wildman–Crippen LogP) is 2.61. The zero-order valence-corrected chi connectivity index (χ0v) is 14.7. The maximum absolute atomic E-state index is 12.2. The van der Waals surface area contributed by atoms with Gasteiger partial charge in [-0.15, -0.1) is 0 Å². The van der Waals surface area contributed by atoms with Gasteiger partial charge >= 0.3 is 0 Å². The van der Waals surface area contributed by atoms with Crippen LogP contribution in [0, 0.1) is 0 Å². The largest absolute Gasteiger partial charge is 0.497 e. The van der Waals surface area contributed by atoms with Crippen LogP contribution >= 0.6 is 0 Å². The molecule has 0 aliphatic rings. The van der Waals surface area contributed by atoms with Crippen molar-refractivity contribution in [3.8, 4) is 11.5 Å². The van der Waals surface area contributed by atoms with Crippen LogP contribution in [-0.4, -0.2) is 45.4 Å². The van der Waals surface area contributed by atoms with Crippen molar-refractivity contribution in [2.75, 3.05) is 39.8 Å². The Morgan fingerprint density at radius 3 is 2.68 bits per heavy atom. The monoisotopic (exact) mass is 345 g/mol. The molecule has 7 heteroatoms. The SMILES string of the molecule is COCCCNC(=O)c1ccnc(Nc2cc(OC)ccc2OC)c1. The molecule has 0 aliphatic heterocycles. The van der Waals surface area contributed by atoms with E-state index in [4.69, 9.17) is 14.2 Å². The average Bonchev–Trinajstić information content (AvgIpc) is 2.65. The molecule has 0 aliphatic carbocycles. The van der Waals surface area contributed by atoms with Crippen molar-refractivity contribution >= 4 is 17.4 Å². The van der Waals surface area contributed by atoms with E-state index in [0.29, 0.717) is 41.7 Å². The molecule has 0 unspecified atom stereocenters. The first-order chi connectivity index (χ1) is 12.2. The Bertz CT molecular complexity index is 706. The third-order valence-electron chi connectivity index (χ3n) is 3.50. The van der Waals surface area contributed by atoms with E-state index >= 15 is 0 Å². The van der Waals surface area contributed by atoms with Crippen LogP contribution in [0.1, 0.15) is 16.8 Å². The molecule has 2 aromatic rings. The number of hydrogen-bond donors (Lipinski definition) is 2. The van der Waals surface area contributed by atoms with Crippen molar-refractivity contribution in [1.29, 1.82) is 0 Å². The van der Waals surface area contributed by atoms with E-state index in [1.165, 1.54) is 0 Å². The summed E-state index contributed by atoms with van der Waals surface area (Å²) in [5.41, 5.74) is 1.23. The van der Waals surface area contributed by atoms with E-state index in [1.807, 2.05) is 0 Å². The van der Waals surface area contributed by atoms with Crippen molar-refractivity contribution in [1.82, 2.24) is 10.3 Å². The number of carbonyl (C=O) groups is 1. The molecule has 1 heterocycles. The molecule has 0 saturated carbocycles. The summed E-state index contributed by atoms with van der Waals surface area (Å²) in [6.45, 7) is 1.17. The number of carbonyl (C=O) groups excluding carboxylic acids is 1. The Morgan fingerprint density at radius 2 is 1.96 bits per heavy atom. The fraction of sp³-hybridized carbons (Fsp3) is 0.333. The van der Waals surface area contributed by atoms with E-state index < -0.39 is 0 Å². The number of amides is 1.